The van der Waals surface area contributed by atoms with Crippen LogP contribution in [-0.2, 0) is 24.2 Å². The van der Waals surface area contributed by atoms with Gasteiger partial charge in [-0.25, -0.2) is 13.6 Å². The van der Waals surface area contributed by atoms with E-state index < -0.39 is 56.4 Å². The number of aliphatic imine (C=N–C) groups is 1. The van der Waals surface area contributed by atoms with Gasteiger partial charge in [0.2, 0.25) is 0 Å². The van der Waals surface area contributed by atoms with Crippen molar-refractivity contribution in [3.63, 3.8) is 0 Å². The fraction of sp³-hybridized carbons (Fsp3) is 0.250. The molecule has 0 bridgehead atoms. The van der Waals surface area contributed by atoms with E-state index in [1.54, 1.807) is 26.0 Å². The summed E-state index contributed by atoms with van der Waals surface area (Å²) in [6.45, 7) is 4.11. The molecule has 0 aliphatic heterocycles. The summed E-state index contributed by atoms with van der Waals surface area (Å²) in [7, 11) is 0. The number of H-pyrrole nitrogens is 2. The topological polar surface area (TPSA) is 137 Å². The van der Waals surface area contributed by atoms with Gasteiger partial charge in [0, 0.05) is 28.6 Å². The molecular weight excluding hydrogens is 1160 g/mol. The molecule has 3 N–H and O–H groups in total. The van der Waals surface area contributed by atoms with E-state index in [1.165, 1.54) is 23.6 Å². The number of benzene rings is 2. The summed E-state index contributed by atoms with van der Waals surface area (Å²) in [6, 6.07) is 8.60. The van der Waals surface area contributed by atoms with Gasteiger partial charge in [-0.3, -0.25) is 33.9 Å². The zero-order chi connectivity index (χ0) is 36.9. The number of halogens is 9. The van der Waals surface area contributed by atoms with Gasteiger partial charge in [0.05, 0.1) is 18.7 Å². The van der Waals surface area contributed by atoms with Gasteiger partial charge in [-0.15, -0.1) is 0 Å². The van der Waals surface area contributed by atoms with Crippen molar-refractivity contribution in [1.29, 1.82) is 0 Å². The van der Waals surface area contributed by atoms with Crippen molar-refractivity contribution in [2.45, 2.75) is 40.0 Å². The molecule has 9 nitrogen and oxygen atoms in total. The number of nitrogens with zero attached hydrogens (tertiary/aromatic N) is 2. The van der Waals surface area contributed by atoms with Gasteiger partial charge in [-0.2, -0.15) is 13.2 Å². The first kappa shape index (κ1) is 44.9. The molecule has 0 saturated carbocycles. The van der Waals surface area contributed by atoms with Gasteiger partial charge < -0.3 is 5.11 Å². The van der Waals surface area contributed by atoms with Gasteiger partial charge >= 0.3 is 81.6 Å². The Bertz CT molecular complexity index is 1940. The molecule has 0 saturated heterocycles. The second kappa shape index (κ2) is 21.3. The molecule has 0 radical (unpaired) electrons. The van der Waals surface area contributed by atoms with Crippen LogP contribution in [0.4, 0.5) is 22.0 Å². The Morgan fingerprint density at radius 2 is 1.50 bits per heavy atom. The van der Waals surface area contributed by atoms with E-state index in [9.17, 15) is 46.2 Å². The van der Waals surface area contributed by atoms with Crippen LogP contribution >= 0.6 is 93.9 Å². The predicted molar refractivity (Wildman–Crippen MR) is 208 cm³/mol. The van der Waals surface area contributed by atoms with E-state index >= 15 is 0 Å². The molecule has 0 aliphatic carbocycles. The normalized spacial score (nSPS) is 11.1. The average molecular weight is 1180 g/mol. The number of aromatic hydroxyl groups is 1. The van der Waals surface area contributed by atoms with Gasteiger partial charge in [-0.1, -0.05) is 40.8 Å². The minimum atomic E-state index is -4.76. The number of aromatic nitrogens is 3. The summed E-state index contributed by atoms with van der Waals surface area (Å²) in [5, 5.41) is 9.03. The molecule has 2 aromatic carbocycles. The molecule has 0 spiro atoms. The molecule has 0 unspecified atom stereocenters. The fourth-order valence-electron chi connectivity index (χ4n) is 3.86. The van der Waals surface area contributed by atoms with Gasteiger partial charge in [-0.05, 0) is 60.8 Å². The first-order valence-electron chi connectivity index (χ1n) is 12.9. The van der Waals surface area contributed by atoms with Gasteiger partial charge in [0.1, 0.15) is 17.2 Å². The molecule has 20 heteroatoms. The number of hydrogen-bond donors (Lipinski definition) is 3. The quantitative estimate of drug-likeness (QED) is 0.0815. The van der Waals surface area contributed by atoms with Crippen LogP contribution in [0.1, 0.15) is 40.4 Å². The van der Waals surface area contributed by atoms with Crippen molar-refractivity contribution >= 4 is 99.6 Å². The van der Waals surface area contributed by atoms with Crippen LogP contribution in [0.5, 0.6) is 5.06 Å². The Balaban J connectivity index is 0.000000424. The average Bonchev–Trinajstić information content (AvgIpc) is 2.95. The molecular formula is C28H26F5I4N4O5SV. The summed E-state index contributed by atoms with van der Waals surface area (Å²) in [4.78, 5) is 54.2. The molecule has 2 heterocycles. The number of aromatic amines is 2. The molecule has 2 aromatic heterocycles. The van der Waals surface area contributed by atoms with Crippen LogP contribution in [0, 0.1) is 25.5 Å². The first-order chi connectivity index (χ1) is 22.3. The maximum atomic E-state index is 13.7. The van der Waals surface area contributed by atoms with Crippen LogP contribution in [0.25, 0.3) is 0 Å². The van der Waals surface area contributed by atoms with Crippen molar-refractivity contribution in [3.8, 4) is 5.06 Å². The molecule has 48 heavy (non-hydrogen) atoms. The maximum absolute atomic E-state index is 13.7. The van der Waals surface area contributed by atoms with Gasteiger partial charge in [0.25, 0.3) is 11.1 Å². The number of rotatable bonds is 5. The molecule has 0 aliphatic rings. The zero-order valence-corrected chi connectivity index (χ0v) is 36.0. The zero-order valence-electron chi connectivity index (χ0n) is 25.2. The molecule has 4 aromatic rings. The fourth-order valence-corrected chi connectivity index (χ4v) is 4.52. The summed E-state index contributed by atoms with van der Waals surface area (Å²) >= 11 is 9.88. The molecule has 0 atom stereocenters. The van der Waals surface area contributed by atoms with Crippen molar-refractivity contribution < 1.29 is 32.0 Å². The van der Waals surface area contributed by atoms with Crippen molar-refractivity contribution in [3.05, 3.63) is 128 Å². The third-order valence-electron chi connectivity index (χ3n) is 6.02. The number of aryl methyl sites for hydroxylation is 2. The first-order valence-corrected chi connectivity index (χ1v) is 29.3. The van der Waals surface area contributed by atoms with E-state index in [1.807, 2.05) is 9.91 Å². The summed E-state index contributed by atoms with van der Waals surface area (Å²) in [6.07, 6.45) is -4.76. The minimum absolute atomic E-state index is 0.111. The van der Waals surface area contributed by atoms with Crippen molar-refractivity contribution in [2.75, 3.05) is 4.93 Å². The number of nitrogens with one attached hydrogen (secondary N) is 2. The third kappa shape index (κ3) is 14.2. The monoisotopic (exact) mass is 1180 g/mol. The molecule has 4 rings (SSSR count). The van der Waals surface area contributed by atoms with Crippen LogP contribution in [0.2, 0.25) is 0 Å². The molecule has 0 fully saturated rings. The van der Waals surface area contributed by atoms with Gasteiger partial charge in [0.15, 0.2) is 5.06 Å². The van der Waals surface area contributed by atoms with Crippen molar-refractivity contribution in [1.82, 2.24) is 14.5 Å². The Hall–Kier alpha value is -1.16. The Morgan fingerprint density at radius 1 is 0.958 bits per heavy atom. The van der Waals surface area contributed by atoms with Crippen LogP contribution in [-0.4, -0.2) is 30.3 Å². The standard InChI is InChI=1S/C14H10F4N2O3S.C13H13FN2O2.CH3I.3HI.V/c1-6(10-11(21)20-13(23)24-12(10)22)19-5-7-8(14(16,17)18)3-2-4-9(7)15;1-8-4-3-5-11(14)10(8)7-16-9(2)6-12(17)15-13(16)18;1-2;;;;/h2-4,22H,5H2,1H3,(H,20,21,23);3-6H,7H2,1-2H3,(H,15,17,18);1H3;3*1H;/q;;;;;;+3/p-3. The van der Waals surface area contributed by atoms with Crippen molar-refractivity contribution in [2.24, 2.45) is 4.99 Å². The third-order valence-corrected chi connectivity index (χ3v) is 6.70. The van der Waals surface area contributed by atoms with E-state index in [-0.39, 0.29) is 28.6 Å². The Morgan fingerprint density at radius 3 is 2.00 bits per heavy atom. The van der Waals surface area contributed by atoms with E-state index in [0.29, 0.717) is 22.6 Å². The Labute approximate surface area is 325 Å². The van der Waals surface area contributed by atoms with E-state index in [0.717, 1.165) is 23.8 Å². The molecule has 262 valence electrons. The van der Waals surface area contributed by atoms with Crippen LogP contribution in [0.3, 0.4) is 0 Å². The number of hydrogen-bond acceptors (Lipinski definition) is 7. The number of alkyl halides is 4. The Kier molecular flexibility index (Phi) is 19.9. The van der Waals surface area contributed by atoms with E-state index in [4.69, 9.17) is 0 Å². The summed E-state index contributed by atoms with van der Waals surface area (Å²) in [5.74, 6) is -1.44. The second-order valence-corrected chi connectivity index (χ2v) is 45.4. The van der Waals surface area contributed by atoms with Crippen LogP contribution < -0.4 is 21.7 Å². The predicted octanol–water partition coefficient (Wildman–Crippen LogP) is 7.72. The summed E-state index contributed by atoms with van der Waals surface area (Å²) < 4.78 is 67.5. The summed E-state index contributed by atoms with van der Waals surface area (Å²) in [5.41, 5.74) is -2.48. The second-order valence-electron chi connectivity index (χ2n) is 9.08. The van der Waals surface area contributed by atoms with E-state index in [2.05, 4.69) is 92.5 Å². The molecule has 0 amide bonds. The SMILES string of the molecule is CC(=NCc1c(F)cccc1C(F)(F)F)c1c(O)sc(=O)[nH]c1=O.CI.Cc1cccc(F)c1Cn1c(C)cc(=O)[nH]c1=O.[I][V]([I])[I]. The van der Waals surface area contributed by atoms with Crippen LogP contribution in [0.15, 0.2) is 66.6 Å².